The average molecular weight is 233 g/mol. The monoisotopic (exact) mass is 233 g/mol. The van der Waals surface area contributed by atoms with Gasteiger partial charge in [0.05, 0.1) is 6.10 Å². The highest BCUT2D eigenvalue weighted by atomic mass is 16.3. The van der Waals surface area contributed by atoms with Gasteiger partial charge in [-0.1, -0.05) is 43.5 Å². The zero-order valence-electron chi connectivity index (χ0n) is 10.7. The summed E-state index contributed by atoms with van der Waals surface area (Å²) in [6, 6.07) is 8.51. The van der Waals surface area contributed by atoms with Gasteiger partial charge in [-0.15, -0.1) is 0 Å². The molecule has 0 aromatic heterocycles. The van der Waals surface area contributed by atoms with E-state index in [-0.39, 0.29) is 6.10 Å². The van der Waals surface area contributed by atoms with E-state index in [4.69, 9.17) is 0 Å². The van der Waals surface area contributed by atoms with Gasteiger partial charge in [-0.25, -0.2) is 0 Å². The van der Waals surface area contributed by atoms with Crippen LogP contribution in [0.3, 0.4) is 0 Å². The lowest BCUT2D eigenvalue weighted by Gasteiger charge is -2.23. The lowest BCUT2D eigenvalue weighted by molar-refractivity contribution is 0.177. The summed E-state index contributed by atoms with van der Waals surface area (Å²) in [5.74, 6) is 0.713. The zero-order valence-corrected chi connectivity index (χ0v) is 10.7. The summed E-state index contributed by atoms with van der Waals surface area (Å²) in [6.45, 7) is 0.619. The predicted molar refractivity (Wildman–Crippen MR) is 71.2 cm³/mol. The third kappa shape index (κ3) is 3.30. The van der Waals surface area contributed by atoms with Gasteiger partial charge in [-0.05, 0) is 36.9 Å². The van der Waals surface area contributed by atoms with E-state index >= 15 is 0 Å². The Bertz CT molecular complexity index is 345. The highest BCUT2D eigenvalue weighted by molar-refractivity contribution is 5.28. The van der Waals surface area contributed by atoms with Gasteiger partial charge in [0.15, 0.2) is 0 Å². The van der Waals surface area contributed by atoms with E-state index in [2.05, 4.69) is 23.5 Å². The van der Waals surface area contributed by atoms with Crippen LogP contribution in [0.5, 0.6) is 0 Å². The fourth-order valence-electron chi connectivity index (χ4n) is 2.77. The summed E-state index contributed by atoms with van der Waals surface area (Å²) in [6.07, 6.45) is 6.33. The molecule has 0 aliphatic heterocycles. The molecule has 1 saturated carbocycles. The van der Waals surface area contributed by atoms with Crippen LogP contribution in [0.4, 0.5) is 0 Å². The van der Waals surface area contributed by atoms with E-state index < -0.39 is 0 Å². The van der Waals surface area contributed by atoms with Crippen LogP contribution in [-0.4, -0.2) is 18.7 Å². The third-order valence-corrected chi connectivity index (χ3v) is 3.77. The molecule has 2 nitrogen and oxygen atoms in total. The van der Waals surface area contributed by atoms with Gasteiger partial charge in [0.2, 0.25) is 0 Å². The number of likely N-dealkylation sites (N-methyl/N-ethyl adjacent to an activating group) is 1. The van der Waals surface area contributed by atoms with Crippen molar-refractivity contribution in [1.29, 1.82) is 0 Å². The Labute approximate surface area is 104 Å². The highest BCUT2D eigenvalue weighted by Crippen LogP contribution is 2.33. The number of benzene rings is 1. The number of hydrogen-bond acceptors (Lipinski definition) is 2. The second kappa shape index (κ2) is 6.18. The first-order chi connectivity index (χ1) is 8.31. The summed E-state index contributed by atoms with van der Waals surface area (Å²) < 4.78 is 0. The lowest BCUT2D eigenvalue weighted by atomic mass is 9.83. The average Bonchev–Trinajstić information content (AvgIpc) is 2.40. The first-order valence-corrected chi connectivity index (χ1v) is 6.74. The maximum Gasteiger partial charge on any atom is 0.0914 e. The number of nitrogens with one attached hydrogen (secondary N) is 1. The van der Waals surface area contributed by atoms with Gasteiger partial charge in [0.1, 0.15) is 0 Å². The van der Waals surface area contributed by atoms with Crippen LogP contribution in [0.2, 0.25) is 0 Å². The number of aliphatic hydroxyl groups excluding tert-OH is 1. The van der Waals surface area contributed by atoms with Crippen molar-refractivity contribution in [3.05, 3.63) is 35.4 Å². The van der Waals surface area contributed by atoms with E-state index in [1.54, 1.807) is 0 Å². The molecule has 17 heavy (non-hydrogen) atoms. The minimum atomic E-state index is -0.386. The molecule has 0 saturated heterocycles. The molecule has 2 N–H and O–H groups in total. The number of rotatable bonds is 4. The molecule has 1 aliphatic rings. The Morgan fingerprint density at radius 1 is 1.29 bits per heavy atom. The van der Waals surface area contributed by atoms with Crippen LogP contribution in [0, 0.1) is 0 Å². The maximum atomic E-state index is 9.98. The molecule has 0 radical (unpaired) electrons. The number of hydrogen-bond donors (Lipinski definition) is 2. The molecule has 0 bridgehead atoms. The molecule has 1 unspecified atom stereocenters. The molecule has 1 aromatic rings. The van der Waals surface area contributed by atoms with Crippen LogP contribution >= 0.6 is 0 Å². The molecule has 0 heterocycles. The van der Waals surface area contributed by atoms with Crippen LogP contribution in [0.15, 0.2) is 24.3 Å². The van der Waals surface area contributed by atoms with Gasteiger partial charge in [-0.3, -0.25) is 0 Å². The Balaban J connectivity index is 2.09. The maximum absolute atomic E-state index is 9.98. The van der Waals surface area contributed by atoms with Crippen molar-refractivity contribution < 1.29 is 5.11 Å². The van der Waals surface area contributed by atoms with Gasteiger partial charge in [0, 0.05) is 6.54 Å². The number of aliphatic hydroxyl groups is 1. The van der Waals surface area contributed by atoms with Crippen molar-refractivity contribution >= 4 is 0 Å². The van der Waals surface area contributed by atoms with Crippen molar-refractivity contribution in [3.8, 4) is 0 Å². The van der Waals surface area contributed by atoms with Crippen molar-refractivity contribution in [2.75, 3.05) is 13.6 Å². The minimum absolute atomic E-state index is 0.386. The zero-order chi connectivity index (χ0) is 12.1. The summed E-state index contributed by atoms with van der Waals surface area (Å²) in [5.41, 5.74) is 2.46. The smallest absolute Gasteiger partial charge is 0.0914 e. The molecule has 2 heteroatoms. The van der Waals surface area contributed by atoms with E-state index in [9.17, 15) is 5.11 Å². The molecular weight excluding hydrogens is 210 g/mol. The summed E-state index contributed by atoms with van der Waals surface area (Å²) in [7, 11) is 1.87. The molecule has 0 spiro atoms. The van der Waals surface area contributed by atoms with E-state index in [1.807, 2.05) is 13.1 Å². The Hall–Kier alpha value is -0.860. The molecule has 1 aromatic carbocycles. The van der Waals surface area contributed by atoms with E-state index in [0.29, 0.717) is 12.5 Å². The molecule has 94 valence electrons. The van der Waals surface area contributed by atoms with Crippen LogP contribution < -0.4 is 5.32 Å². The SMILES string of the molecule is CNCC(O)c1cccc(C2CCCCC2)c1. The summed E-state index contributed by atoms with van der Waals surface area (Å²) in [4.78, 5) is 0. The molecule has 2 rings (SSSR count). The predicted octanol–water partition coefficient (Wildman–Crippen LogP) is 2.99. The first-order valence-electron chi connectivity index (χ1n) is 6.74. The molecule has 1 fully saturated rings. The molecular formula is C15H23NO. The lowest BCUT2D eigenvalue weighted by Crippen LogP contribution is -2.17. The normalized spacial score (nSPS) is 19.2. The quantitative estimate of drug-likeness (QED) is 0.838. The second-order valence-corrected chi connectivity index (χ2v) is 5.08. The molecule has 1 aliphatic carbocycles. The van der Waals surface area contributed by atoms with Crippen LogP contribution in [-0.2, 0) is 0 Å². The molecule has 0 amide bonds. The van der Waals surface area contributed by atoms with Crippen molar-refractivity contribution in [3.63, 3.8) is 0 Å². The highest BCUT2D eigenvalue weighted by Gasteiger charge is 2.16. The third-order valence-electron chi connectivity index (χ3n) is 3.77. The van der Waals surface area contributed by atoms with E-state index in [0.717, 1.165) is 5.56 Å². The second-order valence-electron chi connectivity index (χ2n) is 5.08. The Kier molecular flexibility index (Phi) is 4.57. The minimum Gasteiger partial charge on any atom is -0.387 e. The van der Waals surface area contributed by atoms with Crippen molar-refractivity contribution in [1.82, 2.24) is 5.32 Å². The topological polar surface area (TPSA) is 32.3 Å². The Morgan fingerprint density at radius 3 is 2.76 bits per heavy atom. The van der Waals surface area contributed by atoms with Crippen molar-refractivity contribution in [2.24, 2.45) is 0 Å². The molecule has 1 atom stereocenters. The summed E-state index contributed by atoms with van der Waals surface area (Å²) in [5, 5.41) is 13.0. The van der Waals surface area contributed by atoms with E-state index in [1.165, 1.54) is 37.7 Å². The standard InChI is InChI=1S/C15H23NO/c1-16-11-15(17)14-9-5-8-13(10-14)12-6-3-2-4-7-12/h5,8-10,12,15-17H,2-4,6-7,11H2,1H3. The van der Waals surface area contributed by atoms with Crippen molar-refractivity contribution in [2.45, 2.75) is 44.1 Å². The fourth-order valence-corrected chi connectivity index (χ4v) is 2.77. The van der Waals surface area contributed by atoms with Gasteiger partial charge in [0.25, 0.3) is 0 Å². The van der Waals surface area contributed by atoms with Gasteiger partial charge < -0.3 is 10.4 Å². The van der Waals surface area contributed by atoms with Crippen LogP contribution in [0.25, 0.3) is 0 Å². The fraction of sp³-hybridized carbons (Fsp3) is 0.600. The van der Waals surface area contributed by atoms with Gasteiger partial charge >= 0.3 is 0 Å². The van der Waals surface area contributed by atoms with Crippen LogP contribution in [0.1, 0.15) is 55.3 Å². The van der Waals surface area contributed by atoms with Gasteiger partial charge in [-0.2, -0.15) is 0 Å². The summed E-state index contributed by atoms with van der Waals surface area (Å²) >= 11 is 0. The largest absolute Gasteiger partial charge is 0.387 e. The first kappa shape index (κ1) is 12.6. The Morgan fingerprint density at radius 2 is 2.06 bits per heavy atom.